The Balaban J connectivity index is 1.81. The zero-order valence-corrected chi connectivity index (χ0v) is 11.4. The van der Waals surface area contributed by atoms with Crippen molar-refractivity contribution in [3.63, 3.8) is 0 Å². The zero-order chi connectivity index (χ0) is 13.0. The number of nitrogens with zero attached hydrogens (tertiary/aromatic N) is 1. The molecule has 1 heterocycles. The molecular weight excluding hydrogens is 226 g/mol. The Morgan fingerprint density at radius 1 is 1.28 bits per heavy atom. The maximum Gasteiger partial charge on any atom is 0.119 e. The highest BCUT2D eigenvalue weighted by molar-refractivity contribution is 5.32. The van der Waals surface area contributed by atoms with Gasteiger partial charge in [-0.25, -0.2) is 0 Å². The normalized spacial score (nSPS) is 20.3. The molecular formula is C15H23NO2. The molecule has 0 aromatic heterocycles. The molecule has 1 aromatic rings. The maximum atomic E-state index is 9.24. The molecule has 1 N–H and O–H groups in total. The molecule has 1 fully saturated rings. The summed E-state index contributed by atoms with van der Waals surface area (Å²) in [6, 6.07) is 6.63. The van der Waals surface area contributed by atoms with E-state index in [1.807, 2.05) is 0 Å². The second kappa shape index (κ2) is 6.21. The van der Waals surface area contributed by atoms with E-state index in [1.165, 1.54) is 17.5 Å². The number of ether oxygens (including phenoxy) is 1. The number of aryl methyl sites for hydroxylation is 2. The Labute approximate surface area is 109 Å². The van der Waals surface area contributed by atoms with E-state index in [9.17, 15) is 5.11 Å². The molecule has 1 atom stereocenters. The Bertz CT molecular complexity index is 372. The molecule has 1 aliphatic rings. The van der Waals surface area contributed by atoms with Gasteiger partial charge in [0.05, 0.1) is 6.61 Å². The number of aliphatic hydroxyl groups excluding tert-OH is 1. The van der Waals surface area contributed by atoms with Crippen molar-refractivity contribution in [3.8, 4) is 5.75 Å². The Morgan fingerprint density at radius 2 is 2.00 bits per heavy atom. The summed E-state index contributed by atoms with van der Waals surface area (Å²) in [5.74, 6) is 0.951. The molecule has 0 saturated carbocycles. The third-order valence-corrected chi connectivity index (χ3v) is 3.55. The first-order valence-corrected chi connectivity index (χ1v) is 6.75. The van der Waals surface area contributed by atoms with E-state index in [-0.39, 0.29) is 6.61 Å². The Hall–Kier alpha value is -1.06. The molecule has 18 heavy (non-hydrogen) atoms. The molecule has 3 heteroatoms. The van der Waals surface area contributed by atoms with Gasteiger partial charge >= 0.3 is 0 Å². The summed E-state index contributed by atoms with van der Waals surface area (Å²) >= 11 is 0. The lowest BCUT2D eigenvalue weighted by atomic mass is 10.1. The van der Waals surface area contributed by atoms with E-state index in [0.29, 0.717) is 12.6 Å². The lowest BCUT2D eigenvalue weighted by molar-refractivity contribution is 0.139. The summed E-state index contributed by atoms with van der Waals surface area (Å²) in [6.45, 7) is 7.12. The standard InChI is InChI=1S/C15H23NO2/c1-12-8-13(2)10-15(9-12)18-7-6-16-5-3-4-14(16)11-17/h8-10,14,17H,3-7,11H2,1-2H3/t14-/m0/s1. The minimum Gasteiger partial charge on any atom is -0.492 e. The van der Waals surface area contributed by atoms with Crippen LogP contribution in [0.1, 0.15) is 24.0 Å². The van der Waals surface area contributed by atoms with Crippen LogP contribution in [0.15, 0.2) is 18.2 Å². The molecule has 0 aliphatic carbocycles. The topological polar surface area (TPSA) is 32.7 Å². The van der Waals surface area contributed by atoms with E-state index >= 15 is 0 Å². The van der Waals surface area contributed by atoms with Crippen LogP contribution in [0.25, 0.3) is 0 Å². The van der Waals surface area contributed by atoms with Crippen LogP contribution >= 0.6 is 0 Å². The lowest BCUT2D eigenvalue weighted by Gasteiger charge is -2.22. The minimum absolute atomic E-state index is 0.267. The first-order valence-electron chi connectivity index (χ1n) is 6.75. The minimum atomic E-state index is 0.267. The van der Waals surface area contributed by atoms with E-state index in [4.69, 9.17) is 4.74 Å². The van der Waals surface area contributed by atoms with Gasteiger partial charge in [0.25, 0.3) is 0 Å². The average Bonchev–Trinajstić information content (AvgIpc) is 2.75. The maximum absolute atomic E-state index is 9.24. The molecule has 3 nitrogen and oxygen atoms in total. The van der Waals surface area contributed by atoms with Crippen molar-refractivity contribution in [2.24, 2.45) is 0 Å². The van der Waals surface area contributed by atoms with Crippen molar-refractivity contribution in [3.05, 3.63) is 29.3 Å². The second-order valence-electron chi connectivity index (χ2n) is 5.19. The molecule has 0 amide bonds. The van der Waals surface area contributed by atoms with E-state index in [2.05, 4.69) is 36.9 Å². The van der Waals surface area contributed by atoms with Crippen LogP contribution in [0, 0.1) is 13.8 Å². The fraction of sp³-hybridized carbons (Fsp3) is 0.600. The van der Waals surface area contributed by atoms with Crippen molar-refractivity contribution < 1.29 is 9.84 Å². The number of rotatable bonds is 5. The van der Waals surface area contributed by atoms with Gasteiger partial charge in [-0.05, 0) is 56.5 Å². The molecule has 1 aromatic carbocycles. The number of benzene rings is 1. The molecule has 0 radical (unpaired) electrons. The van der Waals surface area contributed by atoms with Crippen LogP contribution in [0.3, 0.4) is 0 Å². The number of likely N-dealkylation sites (tertiary alicyclic amines) is 1. The van der Waals surface area contributed by atoms with E-state index in [0.717, 1.165) is 25.3 Å². The number of hydrogen-bond acceptors (Lipinski definition) is 3. The summed E-state index contributed by atoms with van der Waals surface area (Å²) in [7, 11) is 0. The third-order valence-electron chi connectivity index (χ3n) is 3.55. The molecule has 2 rings (SSSR count). The van der Waals surface area contributed by atoms with Gasteiger partial charge in [0, 0.05) is 12.6 Å². The van der Waals surface area contributed by atoms with Crippen molar-refractivity contribution in [1.82, 2.24) is 4.90 Å². The van der Waals surface area contributed by atoms with Crippen LogP contribution in [0.4, 0.5) is 0 Å². The summed E-state index contributed by atoms with van der Waals surface area (Å²) in [4.78, 5) is 2.32. The van der Waals surface area contributed by atoms with E-state index in [1.54, 1.807) is 0 Å². The van der Waals surface area contributed by atoms with Gasteiger partial charge in [-0.1, -0.05) is 6.07 Å². The SMILES string of the molecule is Cc1cc(C)cc(OCCN2CCC[C@H]2CO)c1. The molecule has 0 unspecified atom stereocenters. The van der Waals surface area contributed by atoms with Gasteiger partial charge in [-0.3, -0.25) is 4.90 Å². The third kappa shape index (κ3) is 3.47. The van der Waals surface area contributed by atoms with Crippen LogP contribution < -0.4 is 4.74 Å². The zero-order valence-electron chi connectivity index (χ0n) is 11.4. The second-order valence-corrected chi connectivity index (χ2v) is 5.19. The number of hydrogen-bond donors (Lipinski definition) is 1. The fourth-order valence-corrected chi connectivity index (χ4v) is 2.69. The van der Waals surface area contributed by atoms with Crippen molar-refractivity contribution in [2.75, 3.05) is 26.3 Å². The first-order chi connectivity index (χ1) is 8.69. The molecule has 0 spiro atoms. The van der Waals surface area contributed by atoms with Gasteiger partial charge < -0.3 is 9.84 Å². The summed E-state index contributed by atoms with van der Waals surface area (Å²) in [6.07, 6.45) is 2.30. The molecule has 1 saturated heterocycles. The highest BCUT2D eigenvalue weighted by atomic mass is 16.5. The molecule has 1 aliphatic heterocycles. The van der Waals surface area contributed by atoms with Gasteiger partial charge in [-0.15, -0.1) is 0 Å². The van der Waals surface area contributed by atoms with Crippen molar-refractivity contribution in [2.45, 2.75) is 32.7 Å². The van der Waals surface area contributed by atoms with Gasteiger partial charge in [-0.2, -0.15) is 0 Å². The van der Waals surface area contributed by atoms with Gasteiger partial charge in [0.2, 0.25) is 0 Å². The molecule has 100 valence electrons. The quantitative estimate of drug-likeness (QED) is 0.868. The predicted molar refractivity (Wildman–Crippen MR) is 73.1 cm³/mol. The number of aliphatic hydroxyl groups is 1. The smallest absolute Gasteiger partial charge is 0.119 e. The predicted octanol–water partition coefficient (Wildman–Crippen LogP) is 2.14. The Kier molecular flexibility index (Phi) is 4.61. The van der Waals surface area contributed by atoms with Gasteiger partial charge in [0.15, 0.2) is 0 Å². The largest absolute Gasteiger partial charge is 0.492 e. The van der Waals surface area contributed by atoms with Crippen LogP contribution in [0.2, 0.25) is 0 Å². The fourth-order valence-electron chi connectivity index (χ4n) is 2.69. The highest BCUT2D eigenvalue weighted by Crippen LogP contribution is 2.18. The van der Waals surface area contributed by atoms with E-state index < -0.39 is 0 Å². The van der Waals surface area contributed by atoms with Gasteiger partial charge in [0.1, 0.15) is 12.4 Å². The van der Waals surface area contributed by atoms with Crippen LogP contribution in [0.5, 0.6) is 5.75 Å². The lowest BCUT2D eigenvalue weighted by Crippen LogP contribution is -2.35. The summed E-state index contributed by atoms with van der Waals surface area (Å²) in [5.41, 5.74) is 2.47. The molecule has 0 bridgehead atoms. The first kappa shape index (κ1) is 13.4. The van der Waals surface area contributed by atoms with Crippen molar-refractivity contribution >= 4 is 0 Å². The van der Waals surface area contributed by atoms with Crippen molar-refractivity contribution in [1.29, 1.82) is 0 Å². The average molecular weight is 249 g/mol. The summed E-state index contributed by atoms with van der Waals surface area (Å²) in [5, 5.41) is 9.24. The monoisotopic (exact) mass is 249 g/mol. The van der Waals surface area contributed by atoms with Crippen LogP contribution in [-0.4, -0.2) is 42.4 Å². The van der Waals surface area contributed by atoms with Crippen LogP contribution in [-0.2, 0) is 0 Å². The highest BCUT2D eigenvalue weighted by Gasteiger charge is 2.22. The summed E-state index contributed by atoms with van der Waals surface area (Å²) < 4.78 is 5.80. The Morgan fingerprint density at radius 3 is 2.67 bits per heavy atom.